The van der Waals surface area contributed by atoms with E-state index >= 15 is 0 Å². The van der Waals surface area contributed by atoms with Crippen LogP contribution in [0.1, 0.15) is 61.1 Å². The van der Waals surface area contributed by atoms with E-state index < -0.39 is 0 Å². The summed E-state index contributed by atoms with van der Waals surface area (Å²) in [6, 6.07) is 7.79. The molecular weight excluding hydrogens is 324 g/mol. The molecule has 138 valence electrons. The van der Waals surface area contributed by atoms with E-state index in [9.17, 15) is 4.79 Å². The Morgan fingerprint density at radius 3 is 2.85 bits per heavy atom. The van der Waals surface area contributed by atoms with E-state index in [-0.39, 0.29) is 5.91 Å². The van der Waals surface area contributed by atoms with Gasteiger partial charge in [-0.3, -0.25) is 4.79 Å². The smallest absolute Gasteiger partial charge is 0.274 e. The summed E-state index contributed by atoms with van der Waals surface area (Å²) in [5, 5.41) is 3.07. The van der Waals surface area contributed by atoms with Crippen molar-refractivity contribution in [3.63, 3.8) is 0 Å². The lowest BCUT2D eigenvalue weighted by Gasteiger charge is -2.30. The second-order valence-corrected chi connectivity index (χ2v) is 7.58. The number of piperidine rings is 1. The molecule has 1 N–H and O–H groups in total. The molecule has 1 unspecified atom stereocenters. The van der Waals surface area contributed by atoms with Gasteiger partial charge < -0.3 is 10.2 Å². The molecule has 5 nitrogen and oxygen atoms in total. The minimum absolute atomic E-state index is 0.185. The highest BCUT2D eigenvalue weighted by molar-refractivity contribution is 6.03. The lowest BCUT2D eigenvalue weighted by Crippen LogP contribution is -2.35. The lowest BCUT2D eigenvalue weighted by atomic mass is 9.98. The summed E-state index contributed by atoms with van der Waals surface area (Å²) in [6.45, 7) is 10.4. The van der Waals surface area contributed by atoms with E-state index in [4.69, 9.17) is 0 Å². The summed E-state index contributed by atoms with van der Waals surface area (Å²) >= 11 is 0. The Labute approximate surface area is 155 Å². The highest BCUT2D eigenvalue weighted by Gasteiger charge is 2.20. The summed E-state index contributed by atoms with van der Waals surface area (Å²) in [5.74, 6) is 1.43. The van der Waals surface area contributed by atoms with Crippen LogP contribution >= 0.6 is 0 Å². The summed E-state index contributed by atoms with van der Waals surface area (Å²) in [5.41, 5.74) is 3.49. The molecule has 26 heavy (non-hydrogen) atoms. The summed E-state index contributed by atoms with van der Waals surface area (Å²) in [6.07, 6.45) is 4.06. The molecule has 1 aromatic heterocycles. The van der Waals surface area contributed by atoms with Crippen LogP contribution < -0.4 is 10.2 Å². The van der Waals surface area contributed by atoms with Crippen LogP contribution in [0, 0.1) is 12.8 Å². The van der Waals surface area contributed by atoms with Crippen molar-refractivity contribution in [2.75, 3.05) is 23.3 Å². The average Bonchev–Trinajstić information content (AvgIpc) is 2.63. The minimum atomic E-state index is -0.185. The van der Waals surface area contributed by atoms with Crippen molar-refractivity contribution in [3.05, 3.63) is 47.3 Å². The molecular formula is C21H28N4O. The van der Waals surface area contributed by atoms with Crippen molar-refractivity contribution in [2.45, 2.75) is 46.5 Å². The Morgan fingerprint density at radius 2 is 2.12 bits per heavy atom. The number of carbonyl (C=O) groups excluding carboxylic acids is 1. The summed E-state index contributed by atoms with van der Waals surface area (Å²) < 4.78 is 0. The maximum absolute atomic E-state index is 12.8. The average molecular weight is 352 g/mol. The Balaban J connectivity index is 1.82. The van der Waals surface area contributed by atoms with Gasteiger partial charge in [0, 0.05) is 25.0 Å². The van der Waals surface area contributed by atoms with Crippen molar-refractivity contribution in [1.82, 2.24) is 9.97 Å². The normalized spacial score (nSPS) is 17.4. The fraction of sp³-hybridized carbons (Fsp3) is 0.476. The largest absolute Gasteiger partial charge is 0.341 e. The number of aryl methyl sites for hydroxylation is 1. The number of hydrogen-bond acceptors (Lipinski definition) is 4. The first-order valence-electron chi connectivity index (χ1n) is 9.44. The van der Waals surface area contributed by atoms with E-state index in [0.717, 1.165) is 36.3 Å². The third-order valence-corrected chi connectivity index (χ3v) is 4.98. The number of nitrogens with one attached hydrogen (secondary N) is 1. The Kier molecular flexibility index (Phi) is 5.55. The Bertz CT molecular complexity index is 787. The van der Waals surface area contributed by atoms with Crippen LogP contribution in [0.2, 0.25) is 0 Å². The van der Waals surface area contributed by atoms with Crippen molar-refractivity contribution in [3.8, 4) is 0 Å². The van der Waals surface area contributed by atoms with Crippen LogP contribution in [0.15, 0.2) is 30.5 Å². The van der Waals surface area contributed by atoms with Gasteiger partial charge >= 0.3 is 0 Å². The van der Waals surface area contributed by atoms with Gasteiger partial charge in [0.05, 0.1) is 0 Å². The molecule has 1 amide bonds. The van der Waals surface area contributed by atoms with E-state index in [0.29, 0.717) is 23.5 Å². The number of amides is 1. The van der Waals surface area contributed by atoms with Gasteiger partial charge in [-0.2, -0.15) is 0 Å². The predicted octanol–water partition coefficient (Wildman–Crippen LogP) is 4.40. The van der Waals surface area contributed by atoms with Crippen LogP contribution in [-0.2, 0) is 0 Å². The zero-order chi connectivity index (χ0) is 18.7. The number of rotatable bonds is 4. The number of benzene rings is 1. The minimum Gasteiger partial charge on any atom is -0.341 e. The van der Waals surface area contributed by atoms with E-state index in [1.807, 2.05) is 19.1 Å². The van der Waals surface area contributed by atoms with E-state index in [1.54, 1.807) is 12.3 Å². The molecule has 1 saturated heterocycles. The second kappa shape index (κ2) is 7.85. The van der Waals surface area contributed by atoms with Gasteiger partial charge in [0.15, 0.2) is 0 Å². The number of para-hydroxylation sites is 1. The third-order valence-electron chi connectivity index (χ3n) is 4.98. The highest BCUT2D eigenvalue weighted by atomic mass is 16.1. The number of carbonyl (C=O) groups is 1. The molecule has 0 bridgehead atoms. The van der Waals surface area contributed by atoms with Crippen molar-refractivity contribution in [2.24, 2.45) is 5.92 Å². The molecule has 0 saturated carbocycles. The van der Waals surface area contributed by atoms with Crippen LogP contribution in [-0.4, -0.2) is 29.0 Å². The predicted molar refractivity (Wildman–Crippen MR) is 106 cm³/mol. The standard InChI is InChI=1S/C21H28N4O/c1-14(2)17-9-5-8-16(4)19(17)24-20(26)18-10-11-22-21(23-18)25-12-6-7-15(3)13-25/h5,8-11,14-15H,6-7,12-13H2,1-4H3,(H,24,26). The first-order valence-corrected chi connectivity index (χ1v) is 9.44. The molecule has 1 aliphatic rings. The van der Waals surface area contributed by atoms with Gasteiger partial charge in [-0.1, -0.05) is 39.0 Å². The maximum atomic E-state index is 12.8. The Hall–Kier alpha value is -2.43. The van der Waals surface area contributed by atoms with Gasteiger partial charge in [0.1, 0.15) is 5.69 Å². The summed E-state index contributed by atoms with van der Waals surface area (Å²) in [7, 11) is 0. The fourth-order valence-corrected chi connectivity index (χ4v) is 3.52. The Morgan fingerprint density at radius 1 is 1.31 bits per heavy atom. The summed E-state index contributed by atoms with van der Waals surface area (Å²) in [4.78, 5) is 23.9. The molecule has 1 aliphatic heterocycles. The maximum Gasteiger partial charge on any atom is 0.274 e. The molecule has 1 fully saturated rings. The van der Waals surface area contributed by atoms with Crippen LogP contribution in [0.25, 0.3) is 0 Å². The molecule has 0 spiro atoms. The van der Waals surface area contributed by atoms with E-state index in [2.05, 4.69) is 47.0 Å². The van der Waals surface area contributed by atoms with Gasteiger partial charge in [0.25, 0.3) is 5.91 Å². The van der Waals surface area contributed by atoms with Gasteiger partial charge in [-0.05, 0) is 48.8 Å². The number of hydrogen-bond donors (Lipinski definition) is 1. The molecule has 1 atom stereocenters. The van der Waals surface area contributed by atoms with Crippen molar-refractivity contribution in [1.29, 1.82) is 0 Å². The zero-order valence-electron chi connectivity index (χ0n) is 16.1. The topological polar surface area (TPSA) is 58.1 Å². The van der Waals surface area contributed by atoms with Crippen molar-refractivity contribution < 1.29 is 4.79 Å². The lowest BCUT2D eigenvalue weighted by molar-refractivity contribution is 0.102. The van der Waals surface area contributed by atoms with E-state index in [1.165, 1.54) is 6.42 Å². The van der Waals surface area contributed by atoms with Gasteiger partial charge in [0.2, 0.25) is 5.95 Å². The van der Waals surface area contributed by atoms with Gasteiger partial charge in [-0.25, -0.2) is 9.97 Å². The van der Waals surface area contributed by atoms with Crippen LogP contribution in [0.3, 0.4) is 0 Å². The molecule has 0 radical (unpaired) electrons. The molecule has 2 aromatic rings. The SMILES string of the molecule is Cc1cccc(C(C)C)c1NC(=O)c1ccnc(N2CCCC(C)C2)n1. The number of aromatic nitrogens is 2. The van der Waals surface area contributed by atoms with Crippen molar-refractivity contribution >= 4 is 17.5 Å². The molecule has 0 aliphatic carbocycles. The zero-order valence-corrected chi connectivity index (χ0v) is 16.1. The quantitative estimate of drug-likeness (QED) is 0.886. The molecule has 2 heterocycles. The number of anilines is 2. The molecule has 5 heteroatoms. The molecule has 1 aromatic carbocycles. The van der Waals surface area contributed by atoms with Crippen LogP contribution in [0.5, 0.6) is 0 Å². The number of nitrogens with zero attached hydrogens (tertiary/aromatic N) is 3. The van der Waals surface area contributed by atoms with Crippen LogP contribution in [0.4, 0.5) is 11.6 Å². The third kappa shape index (κ3) is 4.03. The monoisotopic (exact) mass is 352 g/mol. The highest BCUT2D eigenvalue weighted by Crippen LogP contribution is 2.28. The molecule has 3 rings (SSSR count). The van der Waals surface area contributed by atoms with Gasteiger partial charge in [-0.15, -0.1) is 0 Å². The first kappa shape index (κ1) is 18.4. The fourth-order valence-electron chi connectivity index (χ4n) is 3.52. The first-order chi connectivity index (χ1) is 12.5. The second-order valence-electron chi connectivity index (χ2n) is 7.58.